The third kappa shape index (κ3) is 21.6. The first-order chi connectivity index (χ1) is 55.8. The van der Waals surface area contributed by atoms with Crippen LogP contribution in [0, 0.1) is 5.92 Å². The summed E-state index contributed by atoms with van der Waals surface area (Å²) in [6.45, 7) is -3.32. The van der Waals surface area contributed by atoms with E-state index in [4.69, 9.17) is 85.3 Å². The minimum atomic E-state index is -2.88. The van der Waals surface area contributed by atoms with E-state index in [2.05, 4.69) is 21.3 Å². The van der Waals surface area contributed by atoms with E-state index in [0.717, 1.165) is 27.7 Å². The standard InChI is InChI=1S/C67H112N4O47/c1-18-24(85)7-67(102-17-80,117-52(18)38(87)25(86)8-72)118-57-42(91)29(12-76)105-64(51(57)100)113-55-32(15-79)109-62(37(47(55)96)71-23(6)84)116-59-49(98)41(90)28(11-75)107-66(59)114-56-43(92)33(16-101-65-58(48(97)40(89)27(10-74)106-65)115-60-35(69-21(4)82)44(93)39(88)26(9-73)104-60)110-63(50(56)99)112-54-31(14-78)108-61(36(46(54)95)70-22(5)83)111-53-30(13-77)103-19(2)34(45(53)94)68-20(3)81/h17-19,24-66,72-79,85-100H,7-16H2,1-6H3,(H,68,81)(H,69,82)(H,70,83)(H,71,84)/t18-,19+,24-,25-,26+,27?,28-,29?,30?,31?,32?,33?,34?,35?,36?,37?,38-,39-,40-,41-,42+,43-,44?,45-,46-,47-,48+,49?,50?,51?,52?,53-,54-,55-,56+,57+,58?,59?,60+,61+,62+,63+,64+,65+,66-,67+/m1/s1. The summed E-state index contributed by atoms with van der Waals surface area (Å²) in [6, 6.07) is -6.88. The van der Waals surface area contributed by atoms with Gasteiger partial charge >= 0.3 is 5.97 Å². The van der Waals surface area contributed by atoms with Gasteiger partial charge in [0.2, 0.25) is 23.6 Å². The Morgan fingerprint density at radius 1 is 0.381 bits per heavy atom. The molecule has 682 valence electrons. The Balaban J connectivity index is 1.04. The smallest absolute Gasteiger partial charge is 0.332 e. The molecule has 28 N–H and O–H groups in total. The second kappa shape index (κ2) is 42.6. The third-order valence-electron chi connectivity index (χ3n) is 21.9. The highest BCUT2D eigenvalue weighted by Crippen LogP contribution is 2.43. The lowest BCUT2D eigenvalue weighted by Crippen LogP contribution is -2.71. The minimum absolute atomic E-state index is 0.249. The highest BCUT2D eigenvalue weighted by atomic mass is 16.9. The molecule has 118 heavy (non-hydrogen) atoms. The highest BCUT2D eigenvalue weighted by molar-refractivity contribution is 5.74. The quantitative estimate of drug-likeness (QED) is 0.0214. The van der Waals surface area contributed by atoms with Gasteiger partial charge in [-0.15, -0.1) is 0 Å². The van der Waals surface area contributed by atoms with E-state index in [9.17, 15) is 147 Å². The Bertz CT molecular complexity index is 3180. The average Bonchev–Trinajstić information content (AvgIpc) is 0.762. The summed E-state index contributed by atoms with van der Waals surface area (Å²) < 4.78 is 107. The zero-order valence-corrected chi connectivity index (χ0v) is 64.3. The summed E-state index contributed by atoms with van der Waals surface area (Å²) in [4.78, 5) is 63.0. The van der Waals surface area contributed by atoms with Crippen LogP contribution < -0.4 is 21.3 Å². The molecule has 0 bridgehead atoms. The van der Waals surface area contributed by atoms with Crippen molar-refractivity contribution < 1.29 is 232 Å². The van der Waals surface area contributed by atoms with Crippen molar-refractivity contribution in [3.63, 3.8) is 0 Å². The van der Waals surface area contributed by atoms with E-state index < -0.39 is 371 Å². The van der Waals surface area contributed by atoms with Crippen molar-refractivity contribution in [1.29, 1.82) is 0 Å². The maximum Gasteiger partial charge on any atom is 0.332 e. The van der Waals surface area contributed by atoms with E-state index >= 15 is 0 Å². The number of aliphatic hydroxyl groups is 24. The molecular formula is C67H112N4O47. The molecule has 4 amide bonds. The fourth-order valence-corrected chi connectivity index (χ4v) is 15.5. The fourth-order valence-electron chi connectivity index (χ4n) is 15.5. The van der Waals surface area contributed by atoms with Crippen LogP contribution in [0.3, 0.4) is 0 Å². The summed E-state index contributed by atoms with van der Waals surface area (Å²) in [5.74, 6) is -7.38. The summed E-state index contributed by atoms with van der Waals surface area (Å²) in [7, 11) is 0. The minimum Gasteiger partial charge on any atom is -0.410 e. The van der Waals surface area contributed by atoms with Crippen molar-refractivity contribution in [3.8, 4) is 0 Å². The van der Waals surface area contributed by atoms with Crippen LogP contribution in [0.5, 0.6) is 0 Å². The van der Waals surface area contributed by atoms with Gasteiger partial charge in [-0.1, -0.05) is 6.92 Å². The van der Waals surface area contributed by atoms with Crippen LogP contribution in [-0.2, 0) is 109 Å². The topological polar surface area (TPSA) is 785 Å². The summed E-state index contributed by atoms with van der Waals surface area (Å²) in [5, 5.41) is 279. The molecule has 0 saturated carbocycles. The summed E-state index contributed by atoms with van der Waals surface area (Å²) >= 11 is 0. The van der Waals surface area contributed by atoms with Crippen LogP contribution in [0.1, 0.15) is 48.0 Å². The van der Waals surface area contributed by atoms with Crippen molar-refractivity contribution in [2.24, 2.45) is 5.92 Å². The largest absolute Gasteiger partial charge is 0.410 e. The Hall–Kier alpha value is -4.29. The number of hydrogen-bond acceptors (Lipinski definition) is 47. The van der Waals surface area contributed by atoms with E-state index in [1.54, 1.807) is 0 Å². The predicted octanol–water partition coefficient (Wildman–Crippen LogP) is -18.5. The van der Waals surface area contributed by atoms with Crippen LogP contribution in [-0.4, -0.2) is 488 Å². The SMILES string of the molecule is CC(=O)NC1C(O)[C@H](O)[C@H](CO)O[C@H]1OC1[C@@H](OCC2O[C@@H](O[C@@H]3C(CO)O[C@@H](O[C@@H]4C(CO)O[C@@H](C)C(NC(C)=O)[C@H]4O)C(NC(C)=O)[C@H]3O)C(O)[C@@H](O[C@H]3O[C@H](CO)[C@@H](O)C(O)C3O[C@@H]3OC(CO)[C@@H](O[C@@H]4OC(CO)[C@H](O)[C@H](O[C@]5(OC=O)C[C@@H](O)[C@@H](C)C([C@H](O)[C@H](O)CO)O5)C4O)[C@H](O)C3NC(C)=O)[C@@H]2O)OC(CO)[C@@H](O)[C@@H]1O. The molecule has 51 nitrogen and oxygen atoms in total. The van der Waals surface area contributed by atoms with E-state index in [0.29, 0.717) is 0 Å². The van der Waals surface area contributed by atoms with Crippen LogP contribution in [0.4, 0.5) is 0 Å². The molecule has 0 aromatic carbocycles. The Morgan fingerprint density at radius 2 is 0.720 bits per heavy atom. The number of nitrogens with one attached hydrogen (secondary N) is 4. The number of amides is 4. The lowest BCUT2D eigenvalue weighted by Gasteiger charge is -2.51. The first-order valence-corrected chi connectivity index (χ1v) is 37.9. The number of aliphatic hydroxyl groups excluding tert-OH is 24. The van der Waals surface area contributed by atoms with Crippen LogP contribution in [0.25, 0.3) is 0 Å². The predicted molar refractivity (Wildman–Crippen MR) is 367 cm³/mol. The molecule has 0 aliphatic carbocycles. The Labute approximate surface area is 670 Å². The van der Waals surface area contributed by atoms with Gasteiger partial charge in [0.1, 0.15) is 201 Å². The molecule has 9 saturated heterocycles. The Kier molecular flexibility index (Phi) is 35.2. The molecule has 0 aromatic heterocycles. The molecule has 51 heteroatoms. The molecule has 9 fully saturated rings. The van der Waals surface area contributed by atoms with Gasteiger partial charge in [-0.25, -0.2) is 0 Å². The molecule has 0 radical (unpaired) electrons. The zero-order chi connectivity index (χ0) is 87.1. The van der Waals surface area contributed by atoms with Crippen LogP contribution >= 0.6 is 0 Å². The maximum atomic E-state index is 13.2. The number of hydrogen-bond donors (Lipinski definition) is 28. The highest BCUT2D eigenvalue weighted by Gasteiger charge is 2.62. The first-order valence-electron chi connectivity index (χ1n) is 37.9. The van der Waals surface area contributed by atoms with Gasteiger partial charge < -0.3 is 229 Å². The molecule has 9 aliphatic heterocycles. The summed E-state index contributed by atoms with van der Waals surface area (Å²) in [5.41, 5.74) is 0. The van der Waals surface area contributed by atoms with Gasteiger partial charge in [0.05, 0.1) is 90.2 Å². The lowest BCUT2D eigenvalue weighted by molar-refractivity contribution is -0.448. The zero-order valence-electron chi connectivity index (χ0n) is 64.3. The van der Waals surface area contributed by atoms with Crippen molar-refractivity contribution in [3.05, 3.63) is 0 Å². The first kappa shape index (κ1) is 97.5. The van der Waals surface area contributed by atoms with Gasteiger partial charge in [-0.3, -0.25) is 24.0 Å². The lowest BCUT2D eigenvalue weighted by atomic mass is 9.87. The van der Waals surface area contributed by atoms with Crippen molar-refractivity contribution >= 4 is 30.1 Å². The molecule has 17 unspecified atom stereocenters. The van der Waals surface area contributed by atoms with Crippen molar-refractivity contribution in [1.82, 2.24) is 21.3 Å². The van der Waals surface area contributed by atoms with E-state index in [1.807, 2.05) is 0 Å². The third-order valence-corrected chi connectivity index (χ3v) is 21.9. The number of carbonyl (C=O) groups excluding carboxylic acids is 5. The van der Waals surface area contributed by atoms with Gasteiger partial charge in [0.15, 0.2) is 44.0 Å². The summed E-state index contributed by atoms with van der Waals surface area (Å²) in [6.07, 6.45) is -83.0. The second-order valence-corrected chi connectivity index (χ2v) is 30.1. The maximum absolute atomic E-state index is 13.2. The normalized spacial score (nSPS) is 47.5. The monoisotopic (exact) mass is 1720 g/mol. The van der Waals surface area contributed by atoms with E-state index in [1.165, 1.54) is 13.8 Å². The van der Waals surface area contributed by atoms with E-state index in [-0.39, 0.29) is 6.47 Å². The van der Waals surface area contributed by atoms with Gasteiger partial charge in [0, 0.05) is 33.6 Å². The van der Waals surface area contributed by atoms with Crippen LogP contribution in [0.2, 0.25) is 0 Å². The average molecular weight is 1730 g/mol. The molecule has 0 spiro atoms. The number of rotatable bonds is 33. The number of carbonyl (C=O) groups is 5. The molecular weight excluding hydrogens is 1610 g/mol. The molecule has 9 heterocycles. The number of ether oxygens (including phenoxy) is 18. The molecule has 9 rings (SSSR count). The van der Waals surface area contributed by atoms with Gasteiger partial charge in [-0.2, -0.15) is 0 Å². The van der Waals surface area contributed by atoms with Crippen molar-refractivity contribution in [2.45, 2.75) is 324 Å². The second-order valence-electron chi connectivity index (χ2n) is 30.1. The van der Waals surface area contributed by atoms with Gasteiger partial charge in [0.25, 0.3) is 6.47 Å². The van der Waals surface area contributed by atoms with Crippen LogP contribution in [0.15, 0.2) is 0 Å². The molecule has 9 aliphatic rings. The fraction of sp³-hybridized carbons (Fsp3) is 0.925. The van der Waals surface area contributed by atoms with Gasteiger partial charge in [-0.05, 0) is 6.92 Å². The molecule has 46 atom stereocenters. The molecule has 0 aromatic rings. The Morgan fingerprint density at radius 3 is 1.17 bits per heavy atom. The van der Waals surface area contributed by atoms with Crippen molar-refractivity contribution in [2.75, 3.05) is 59.5 Å².